The second-order valence-electron chi connectivity index (χ2n) is 2.64. The molecule has 0 atom stereocenters. The first-order chi connectivity index (χ1) is 5.91. The smallest absolute Gasteiger partial charge is 0.0466 e. The van der Waals surface area contributed by atoms with Crippen molar-refractivity contribution in [2.75, 3.05) is 26.4 Å². The van der Waals surface area contributed by atoms with Crippen molar-refractivity contribution >= 4 is 0 Å². The van der Waals surface area contributed by atoms with Gasteiger partial charge in [-0.15, -0.1) is 0 Å². The molecule has 0 rings (SSSR count). The SMILES string of the molecule is [CH2]CCCOCCCCOC[CH2]. The second-order valence-corrected chi connectivity index (χ2v) is 2.64. The first kappa shape index (κ1) is 11.9. The molecule has 0 spiro atoms. The standard InChI is InChI=1S/C10H20O2/c1-3-5-8-12-10-7-6-9-11-4-2/h1-10H2. The van der Waals surface area contributed by atoms with E-state index in [-0.39, 0.29) is 0 Å². The summed E-state index contributed by atoms with van der Waals surface area (Å²) >= 11 is 0. The molecule has 0 aliphatic rings. The third kappa shape index (κ3) is 9.92. The Labute approximate surface area is 76.3 Å². The maximum atomic E-state index is 5.34. The van der Waals surface area contributed by atoms with Gasteiger partial charge in [0.1, 0.15) is 0 Å². The molecule has 0 amide bonds. The summed E-state index contributed by atoms with van der Waals surface area (Å²) in [4.78, 5) is 0. The molecule has 0 aromatic rings. The Morgan fingerprint density at radius 1 is 0.750 bits per heavy atom. The third-order valence-corrected chi connectivity index (χ3v) is 1.51. The van der Waals surface area contributed by atoms with Crippen LogP contribution >= 0.6 is 0 Å². The zero-order valence-corrected chi connectivity index (χ0v) is 7.89. The lowest BCUT2D eigenvalue weighted by molar-refractivity contribution is 0.111. The molecule has 0 heterocycles. The Morgan fingerprint density at radius 3 is 1.92 bits per heavy atom. The second kappa shape index (κ2) is 10.9. The Balaban J connectivity index is 2.73. The summed E-state index contributed by atoms with van der Waals surface area (Å²) in [5.41, 5.74) is 0. The normalized spacial score (nSPS) is 10.5. The lowest BCUT2D eigenvalue weighted by Crippen LogP contribution is -1.99. The van der Waals surface area contributed by atoms with Crippen LogP contribution in [0.4, 0.5) is 0 Å². The molecule has 0 aliphatic heterocycles. The summed E-state index contributed by atoms with van der Waals surface area (Å²) in [5, 5.41) is 0. The van der Waals surface area contributed by atoms with Gasteiger partial charge in [0.2, 0.25) is 0 Å². The first-order valence-corrected chi connectivity index (χ1v) is 4.65. The number of rotatable bonds is 9. The van der Waals surface area contributed by atoms with Crippen LogP contribution in [0, 0.1) is 13.8 Å². The molecule has 0 saturated heterocycles. The fourth-order valence-electron chi connectivity index (χ4n) is 0.816. The van der Waals surface area contributed by atoms with Crippen LogP contribution in [0.1, 0.15) is 25.7 Å². The minimum absolute atomic E-state index is 0.572. The topological polar surface area (TPSA) is 18.5 Å². The Morgan fingerprint density at radius 2 is 1.33 bits per heavy atom. The van der Waals surface area contributed by atoms with E-state index < -0.39 is 0 Å². The fraction of sp³-hybridized carbons (Fsp3) is 0.800. The molecule has 2 heteroatoms. The number of hydrogen-bond acceptors (Lipinski definition) is 2. The molecular weight excluding hydrogens is 152 g/mol. The van der Waals surface area contributed by atoms with Crippen LogP contribution in [0.15, 0.2) is 0 Å². The maximum absolute atomic E-state index is 5.34. The van der Waals surface area contributed by atoms with Gasteiger partial charge in [-0.1, -0.05) is 13.3 Å². The average Bonchev–Trinajstić information content (AvgIpc) is 2.10. The quantitative estimate of drug-likeness (QED) is 0.497. The zero-order valence-electron chi connectivity index (χ0n) is 7.89. The summed E-state index contributed by atoms with van der Waals surface area (Å²) in [6.07, 6.45) is 4.18. The van der Waals surface area contributed by atoms with E-state index in [1.54, 1.807) is 0 Å². The molecule has 0 aromatic carbocycles. The van der Waals surface area contributed by atoms with Gasteiger partial charge < -0.3 is 9.47 Å². The van der Waals surface area contributed by atoms with Crippen LogP contribution < -0.4 is 0 Å². The highest BCUT2D eigenvalue weighted by molar-refractivity contribution is 4.42. The highest BCUT2D eigenvalue weighted by Gasteiger charge is 1.89. The molecule has 12 heavy (non-hydrogen) atoms. The van der Waals surface area contributed by atoms with Crippen molar-refractivity contribution in [3.63, 3.8) is 0 Å². The summed E-state index contributed by atoms with van der Waals surface area (Å²) < 4.78 is 10.4. The van der Waals surface area contributed by atoms with E-state index in [1.807, 2.05) is 0 Å². The van der Waals surface area contributed by atoms with E-state index in [0.29, 0.717) is 6.61 Å². The van der Waals surface area contributed by atoms with Crippen LogP contribution in [0.3, 0.4) is 0 Å². The van der Waals surface area contributed by atoms with Crippen molar-refractivity contribution in [2.45, 2.75) is 25.7 Å². The monoisotopic (exact) mass is 172 g/mol. The predicted octanol–water partition coefficient (Wildman–Crippen LogP) is 2.25. The van der Waals surface area contributed by atoms with Gasteiger partial charge in [-0.25, -0.2) is 0 Å². The molecule has 0 aromatic heterocycles. The number of hydrogen-bond donors (Lipinski definition) is 0. The van der Waals surface area contributed by atoms with Gasteiger partial charge in [0.05, 0.1) is 0 Å². The minimum Gasteiger partial charge on any atom is -0.381 e. The highest BCUT2D eigenvalue weighted by Crippen LogP contribution is 1.93. The van der Waals surface area contributed by atoms with E-state index >= 15 is 0 Å². The van der Waals surface area contributed by atoms with Crippen LogP contribution in [0.25, 0.3) is 0 Å². The van der Waals surface area contributed by atoms with E-state index in [1.165, 1.54) is 0 Å². The van der Waals surface area contributed by atoms with Crippen molar-refractivity contribution in [2.24, 2.45) is 0 Å². The molecule has 0 bridgehead atoms. The van der Waals surface area contributed by atoms with Gasteiger partial charge in [0, 0.05) is 26.4 Å². The lowest BCUT2D eigenvalue weighted by Gasteiger charge is -2.02. The molecular formula is C10H20O2. The summed E-state index contributed by atoms with van der Waals surface area (Å²) in [7, 11) is 0. The van der Waals surface area contributed by atoms with Crippen LogP contribution in [0.2, 0.25) is 0 Å². The minimum atomic E-state index is 0.572. The molecule has 2 radical (unpaired) electrons. The van der Waals surface area contributed by atoms with Crippen LogP contribution in [-0.2, 0) is 9.47 Å². The highest BCUT2D eigenvalue weighted by atomic mass is 16.5. The van der Waals surface area contributed by atoms with Gasteiger partial charge in [0.15, 0.2) is 0 Å². The molecule has 0 aliphatic carbocycles. The van der Waals surface area contributed by atoms with Gasteiger partial charge in [0.25, 0.3) is 0 Å². The zero-order chi connectivity index (χ0) is 9.07. The molecule has 0 saturated carbocycles. The van der Waals surface area contributed by atoms with E-state index in [2.05, 4.69) is 13.8 Å². The maximum Gasteiger partial charge on any atom is 0.0466 e. The third-order valence-electron chi connectivity index (χ3n) is 1.51. The van der Waals surface area contributed by atoms with E-state index in [0.717, 1.165) is 45.5 Å². The van der Waals surface area contributed by atoms with Crippen molar-refractivity contribution in [3.8, 4) is 0 Å². The Kier molecular flexibility index (Phi) is 10.8. The van der Waals surface area contributed by atoms with E-state index in [9.17, 15) is 0 Å². The van der Waals surface area contributed by atoms with Crippen molar-refractivity contribution < 1.29 is 9.47 Å². The lowest BCUT2D eigenvalue weighted by atomic mass is 10.3. The largest absolute Gasteiger partial charge is 0.381 e. The van der Waals surface area contributed by atoms with Crippen molar-refractivity contribution in [1.82, 2.24) is 0 Å². The summed E-state index contributed by atoms with van der Waals surface area (Å²) in [5.74, 6) is 0. The van der Waals surface area contributed by atoms with Gasteiger partial charge >= 0.3 is 0 Å². The van der Waals surface area contributed by atoms with Crippen LogP contribution in [-0.4, -0.2) is 26.4 Å². The Hall–Kier alpha value is -0.0800. The van der Waals surface area contributed by atoms with E-state index in [4.69, 9.17) is 9.47 Å². The molecule has 0 fully saturated rings. The van der Waals surface area contributed by atoms with Crippen molar-refractivity contribution in [3.05, 3.63) is 13.8 Å². The molecule has 0 unspecified atom stereocenters. The summed E-state index contributed by atoms with van der Waals surface area (Å²) in [6, 6.07) is 0. The van der Waals surface area contributed by atoms with Gasteiger partial charge in [-0.3, -0.25) is 0 Å². The molecule has 0 N–H and O–H groups in total. The predicted molar refractivity (Wildman–Crippen MR) is 50.8 cm³/mol. The van der Waals surface area contributed by atoms with Crippen molar-refractivity contribution in [1.29, 1.82) is 0 Å². The van der Waals surface area contributed by atoms with Gasteiger partial charge in [-0.05, 0) is 26.2 Å². The molecule has 2 nitrogen and oxygen atoms in total. The average molecular weight is 172 g/mol. The number of unbranched alkanes of at least 4 members (excludes halogenated alkanes) is 2. The Bertz CT molecular complexity index is 64.2. The number of ether oxygens (including phenoxy) is 2. The first-order valence-electron chi connectivity index (χ1n) is 4.65. The molecule has 72 valence electrons. The summed E-state index contributed by atoms with van der Waals surface area (Å²) in [6.45, 7) is 10.4. The fourth-order valence-corrected chi connectivity index (χ4v) is 0.816. The van der Waals surface area contributed by atoms with Crippen LogP contribution in [0.5, 0.6) is 0 Å². The van der Waals surface area contributed by atoms with Gasteiger partial charge in [-0.2, -0.15) is 0 Å².